The molecule has 1 unspecified atom stereocenters. The van der Waals surface area contributed by atoms with E-state index in [4.69, 9.17) is 5.11 Å². The van der Waals surface area contributed by atoms with Crippen LogP contribution < -0.4 is 0 Å². The van der Waals surface area contributed by atoms with Gasteiger partial charge in [-0.1, -0.05) is 0 Å². The van der Waals surface area contributed by atoms with Crippen molar-refractivity contribution in [3.63, 3.8) is 0 Å². The predicted octanol–water partition coefficient (Wildman–Crippen LogP) is 1.41. The summed E-state index contributed by atoms with van der Waals surface area (Å²) >= 11 is 0. The summed E-state index contributed by atoms with van der Waals surface area (Å²) in [7, 11) is 3.72. The molecule has 0 aromatic heterocycles. The molecule has 1 aliphatic rings. The summed E-state index contributed by atoms with van der Waals surface area (Å²) in [5.41, 5.74) is 0. The Balaban J connectivity index is 2.41. The zero-order valence-corrected chi connectivity index (χ0v) is 10.4. The number of carboxylic acid groups (broad SMARTS) is 1. The third-order valence-corrected chi connectivity index (χ3v) is 2.84. The fourth-order valence-corrected chi connectivity index (χ4v) is 1.99. The zero-order valence-electron chi connectivity index (χ0n) is 10.4. The van der Waals surface area contributed by atoms with Gasteiger partial charge in [0.25, 0.3) is 0 Å². The molecule has 1 N–H and O–H groups in total. The van der Waals surface area contributed by atoms with Crippen molar-refractivity contribution in [3.8, 4) is 0 Å². The van der Waals surface area contributed by atoms with Crippen LogP contribution in [0.5, 0.6) is 0 Å². The van der Waals surface area contributed by atoms with Crippen LogP contribution in [0.2, 0.25) is 0 Å². The quantitative estimate of drug-likeness (QED) is 0.755. The zero-order chi connectivity index (χ0) is 12.8. The van der Waals surface area contributed by atoms with Gasteiger partial charge in [-0.15, -0.1) is 0 Å². The van der Waals surface area contributed by atoms with Crippen molar-refractivity contribution < 1.29 is 14.7 Å². The Morgan fingerprint density at radius 2 is 2.18 bits per heavy atom. The summed E-state index contributed by atoms with van der Waals surface area (Å²) < 4.78 is 0. The molecule has 0 aromatic rings. The Labute approximate surface area is 102 Å². The van der Waals surface area contributed by atoms with Gasteiger partial charge in [-0.2, -0.15) is 0 Å². The van der Waals surface area contributed by atoms with Gasteiger partial charge in [-0.05, 0) is 24.8 Å². The highest BCUT2D eigenvalue weighted by atomic mass is 16.4. The molecule has 0 spiro atoms. The molecule has 1 saturated heterocycles. The molecule has 1 fully saturated rings. The van der Waals surface area contributed by atoms with Crippen LogP contribution in [0.4, 0.5) is 4.79 Å². The number of carbonyl (C=O) groups is 2. The van der Waals surface area contributed by atoms with Gasteiger partial charge in [0.1, 0.15) is 0 Å². The molecule has 0 aromatic carbocycles. The van der Waals surface area contributed by atoms with E-state index in [9.17, 15) is 9.59 Å². The first-order chi connectivity index (χ1) is 7.99. The van der Waals surface area contributed by atoms with Gasteiger partial charge in [0.05, 0.1) is 0 Å². The maximum Gasteiger partial charge on any atom is 0.407 e. The fourth-order valence-electron chi connectivity index (χ4n) is 1.99. The molecule has 1 aliphatic heterocycles. The lowest BCUT2D eigenvalue weighted by atomic mass is 9.93. The molecule has 0 bridgehead atoms. The minimum atomic E-state index is -0.883. The lowest BCUT2D eigenvalue weighted by molar-refractivity contribution is -0.115. The van der Waals surface area contributed by atoms with E-state index in [0.717, 1.165) is 12.8 Å². The SMILES string of the molecule is CN(C)/C=C/C(=O)CC1CCCN(C(=O)O)C1. The summed E-state index contributed by atoms with van der Waals surface area (Å²) in [6, 6.07) is 0. The molecule has 5 nitrogen and oxygen atoms in total. The van der Waals surface area contributed by atoms with E-state index < -0.39 is 6.09 Å². The maximum atomic E-state index is 11.6. The molecule has 1 amide bonds. The average molecular weight is 240 g/mol. The van der Waals surface area contributed by atoms with E-state index in [1.165, 1.54) is 4.90 Å². The average Bonchev–Trinajstić information content (AvgIpc) is 2.26. The largest absolute Gasteiger partial charge is 0.465 e. The summed E-state index contributed by atoms with van der Waals surface area (Å²) in [6.07, 6.45) is 4.62. The fraction of sp³-hybridized carbons (Fsp3) is 0.667. The molecule has 96 valence electrons. The van der Waals surface area contributed by atoms with E-state index >= 15 is 0 Å². The lowest BCUT2D eigenvalue weighted by Gasteiger charge is -2.30. The minimum Gasteiger partial charge on any atom is -0.465 e. The highest BCUT2D eigenvalue weighted by Gasteiger charge is 2.24. The Bertz CT molecular complexity index is 313. The van der Waals surface area contributed by atoms with Crippen LogP contribution in [0.3, 0.4) is 0 Å². The number of amides is 1. The summed E-state index contributed by atoms with van der Waals surface area (Å²) in [6.45, 7) is 1.07. The van der Waals surface area contributed by atoms with Crippen LogP contribution >= 0.6 is 0 Å². The second-order valence-electron chi connectivity index (χ2n) is 4.69. The second kappa shape index (κ2) is 6.27. The summed E-state index contributed by atoms with van der Waals surface area (Å²) in [5, 5.41) is 8.89. The molecule has 0 aliphatic carbocycles. The normalized spacial score (nSPS) is 20.6. The molecule has 1 heterocycles. The third-order valence-electron chi connectivity index (χ3n) is 2.84. The van der Waals surface area contributed by atoms with Crippen molar-refractivity contribution in [2.45, 2.75) is 19.3 Å². The predicted molar refractivity (Wildman–Crippen MR) is 64.8 cm³/mol. The summed E-state index contributed by atoms with van der Waals surface area (Å²) in [5.74, 6) is 0.232. The highest BCUT2D eigenvalue weighted by Crippen LogP contribution is 2.20. The van der Waals surface area contributed by atoms with Gasteiger partial charge in [-0.25, -0.2) is 4.79 Å². The number of hydrogen-bond donors (Lipinski definition) is 1. The van der Waals surface area contributed by atoms with Crippen LogP contribution in [0.1, 0.15) is 19.3 Å². The number of ketones is 1. The second-order valence-corrected chi connectivity index (χ2v) is 4.69. The number of likely N-dealkylation sites (tertiary alicyclic amines) is 1. The van der Waals surface area contributed by atoms with E-state index in [-0.39, 0.29) is 11.7 Å². The number of nitrogens with zero attached hydrogens (tertiary/aromatic N) is 2. The van der Waals surface area contributed by atoms with Crippen LogP contribution in [0, 0.1) is 5.92 Å². The molecule has 0 radical (unpaired) electrons. The molecule has 17 heavy (non-hydrogen) atoms. The van der Waals surface area contributed by atoms with Crippen molar-refractivity contribution in [2.24, 2.45) is 5.92 Å². The Morgan fingerprint density at radius 3 is 2.76 bits per heavy atom. The first-order valence-corrected chi connectivity index (χ1v) is 5.84. The first-order valence-electron chi connectivity index (χ1n) is 5.84. The maximum absolute atomic E-state index is 11.6. The molecule has 1 rings (SSSR count). The lowest BCUT2D eigenvalue weighted by Crippen LogP contribution is -2.39. The van der Waals surface area contributed by atoms with Crippen LogP contribution in [0.15, 0.2) is 12.3 Å². The van der Waals surface area contributed by atoms with Gasteiger partial charge in [0, 0.05) is 39.8 Å². The van der Waals surface area contributed by atoms with E-state index in [1.807, 2.05) is 19.0 Å². The van der Waals surface area contributed by atoms with Crippen LogP contribution in [-0.4, -0.2) is 54.0 Å². The van der Waals surface area contributed by atoms with Crippen molar-refractivity contribution in [1.29, 1.82) is 0 Å². The van der Waals surface area contributed by atoms with E-state index in [0.29, 0.717) is 19.5 Å². The van der Waals surface area contributed by atoms with Gasteiger partial charge in [-0.3, -0.25) is 4.79 Å². The molecular formula is C12H20N2O3. The highest BCUT2D eigenvalue weighted by molar-refractivity contribution is 5.89. The first kappa shape index (κ1) is 13.5. The van der Waals surface area contributed by atoms with Gasteiger partial charge in [0.2, 0.25) is 0 Å². The van der Waals surface area contributed by atoms with Crippen molar-refractivity contribution in [3.05, 3.63) is 12.3 Å². The molecule has 1 atom stereocenters. The van der Waals surface area contributed by atoms with E-state index in [2.05, 4.69) is 0 Å². The monoisotopic (exact) mass is 240 g/mol. The van der Waals surface area contributed by atoms with Crippen molar-refractivity contribution >= 4 is 11.9 Å². The van der Waals surface area contributed by atoms with Crippen LogP contribution in [0.25, 0.3) is 0 Å². The number of allylic oxidation sites excluding steroid dienone is 1. The Hall–Kier alpha value is -1.52. The van der Waals surface area contributed by atoms with Crippen LogP contribution in [-0.2, 0) is 4.79 Å². The summed E-state index contributed by atoms with van der Waals surface area (Å²) in [4.78, 5) is 25.6. The van der Waals surface area contributed by atoms with Crippen molar-refractivity contribution in [1.82, 2.24) is 9.80 Å². The smallest absolute Gasteiger partial charge is 0.407 e. The molecular weight excluding hydrogens is 220 g/mol. The third kappa shape index (κ3) is 4.89. The van der Waals surface area contributed by atoms with Crippen molar-refractivity contribution in [2.75, 3.05) is 27.2 Å². The molecule has 0 saturated carbocycles. The number of hydrogen-bond acceptors (Lipinski definition) is 3. The number of rotatable bonds is 4. The molecule has 5 heteroatoms. The number of piperidine rings is 1. The standard InChI is InChI=1S/C12H20N2O3/c1-13(2)7-5-11(15)8-10-4-3-6-14(9-10)12(16)17/h5,7,10H,3-4,6,8-9H2,1-2H3,(H,16,17)/b7-5+. The topological polar surface area (TPSA) is 60.9 Å². The van der Waals surface area contributed by atoms with E-state index in [1.54, 1.807) is 12.3 Å². The Morgan fingerprint density at radius 1 is 1.47 bits per heavy atom. The minimum absolute atomic E-state index is 0.0657. The van der Waals surface area contributed by atoms with Gasteiger partial charge < -0.3 is 14.9 Å². The van der Waals surface area contributed by atoms with Gasteiger partial charge in [0.15, 0.2) is 5.78 Å². The van der Waals surface area contributed by atoms with Gasteiger partial charge >= 0.3 is 6.09 Å². The number of carbonyl (C=O) groups excluding carboxylic acids is 1. The Kier molecular flexibility index (Phi) is 5.00.